The van der Waals surface area contributed by atoms with Gasteiger partial charge in [-0.1, -0.05) is 24.3 Å². The molecule has 6 heteroatoms. The fraction of sp³-hybridized carbons (Fsp3) is 0.143. The molecule has 0 atom stereocenters. The van der Waals surface area contributed by atoms with E-state index in [2.05, 4.69) is 10.3 Å². The van der Waals surface area contributed by atoms with Gasteiger partial charge in [-0.2, -0.15) is 0 Å². The van der Waals surface area contributed by atoms with Crippen molar-refractivity contribution in [3.63, 3.8) is 0 Å². The highest BCUT2D eigenvalue weighted by molar-refractivity contribution is 6.12. The Hall–Kier alpha value is -2.60. The summed E-state index contributed by atoms with van der Waals surface area (Å²) in [7, 11) is 0. The molecule has 2 aromatic rings. The van der Waals surface area contributed by atoms with Gasteiger partial charge in [0.1, 0.15) is 5.82 Å². The van der Waals surface area contributed by atoms with E-state index in [-0.39, 0.29) is 12.2 Å². The number of fused-ring (bicyclic) bond motifs is 1. The standard InChI is InChI=1S/C14H15N3O3/c15-13(20)12-10-5-4-9(3-1-2-6-18)7-11(10)17-14(12)16-8-19/h1,3-5,7-8,17-18H,2,6H2,(H2,15,20)(H,16,19)/b3-1+. The smallest absolute Gasteiger partial charge is 0.253 e. The van der Waals surface area contributed by atoms with Crippen LogP contribution in [-0.4, -0.2) is 29.0 Å². The molecule has 0 aliphatic carbocycles. The fourth-order valence-electron chi connectivity index (χ4n) is 2.04. The van der Waals surface area contributed by atoms with Crippen molar-refractivity contribution >= 4 is 35.1 Å². The van der Waals surface area contributed by atoms with Crippen molar-refractivity contribution in [3.05, 3.63) is 35.4 Å². The predicted molar refractivity (Wildman–Crippen MR) is 77.2 cm³/mol. The molecule has 0 aliphatic rings. The monoisotopic (exact) mass is 273 g/mol. The summed E-state index contributed by atoms with van der Waals surface area (Å²) in [6.45, 7) is 0.0977. The van der Waals surface area contributed by atoms with E-state index in [4.69, 9.17) is 10.8 Å². The summed E-state index contributed by atoms with van der Waals surface area (Å²) < 4.78 is 0. The van der Waals surface area contributed by atoms with Crippen LogP contribution in [0.3, 0.4) is 0 Å². The largest absolute Gasteiger partial charge is 0.396 e. The summed E-state index contributed by atoms with van der Waals surface area (Å²) in [5.41, 5.74) is 7.22. The molecule has 0 radical (unpaired) electrons. The van der Waals surface area contributed by atoms with Crippen LogP contribution >= 0.6 is 0 Å². The number of primary amides is 1. The Balaban J connectivity index is 2.48. The summed E-state index contributed by atoms with van der Waals surface area (Å²) in [6, 6.07) is 5.44. The number of benzene rings is 1. The topological polar surface area (TPSA) is 108 Å². The molecule has 0 saturated carbocycles. The van der Waals surface area contributed by atoms with Gasteiger partial charge < -0.3 is 21.1 Å². The quantitative estimate of drug-likeness (QED) is 0.594. The van der Waals surface area contributed by atoms with Crippen LogP contribution in [0.2, 0.25) is 0 Å². The number of aliphatic hydroxyl groups is 1. The molecule has 6 nitrogen and oxygen atoms in total. The van der Waals surface area contributed by atoms with E-state index in [9.17, 15) is 9.59 Å². The first-order valence-electron chi connectivity index (χ1n) is 6.10. The van der Waals surface area contributed by atoms with Crippen LogP contribution < -0.4 is 11.1 Å². The number of amides is 2. The average molecular weight is 273 g/mol. The Bertz CT molecular complexity index is 674. The highest BCUT2D eigenvalue weighted by Gasteiger charge is 2.15. The zero-order chi connectivity index (χ0) is 14.5. The lowest BCUT2D eigenvalue weighted by Crippen LogP contribution is -2.13. The van der Waals surface area contributed by atoms with E-state index in [1.807, 2.05) is 24.3 Å². The molecule has 0 aliphatic heterocycles. The van der Waals surface area contributed by atoms with Crippen molar-refractivity contribution in [1.29, 1.82) is 0 Å². The van der Waals surface area contributed by atoms with Crippen LogP contribution in [0.1, 0.15) is 22.3 Å². The summed E-state index contributed by atoms with van der Waals surface area (Å²) >= 11 is 0. The van der Waals surface area contributed by atoms with Crippen LogP contribution in [0.4, 0.5) is 5.82 Å². The minimum atomic E-state index is -0.607. The lowest BCUT2D eigenvalue weighted by atomic mass is 10.1. The van der Waals surface area contributed by atoms with E-state index in [1.54, 1.807) is 6.07 Å². The summed E-state index contributed by atoms with van der Waals surface area (Å²) in [6.07, 6.45) is 4.78. The number of carbonyl (C=O) groups excluding carboxylic acids is 2. The molecule has 104 valence electrons. The number of rotatable bonds is 6. The van der Waals surface area contributed by atoms with Crippen molar-refractivity contribution in [2.24, 2.45) is 5.73 Å². The molecule has 0 bridgehead atoms. The Morgan fingerprint density at radius 2 is 2.25 bits per heavy atom. The number of nitrogens with two attached hydrogens (primary N) is 1. The van der Waals surface area contributed by atoms with Gasteiger partial charge >= 0.3 is 0 Å². The van der Waals surface area contributed by atoms with Crippen LogP contribution in [0.25, 0.3) is 17.0 Å². The van der Waals surface area contributed by atoms with E-state index in [1.165, 1.54) is 0 Å². The maximum absolute atomic E-state index is 11.5. The third kappa shape index (κ3) is 2.70. The molecule has 2 amide bonds. The van der Waals surface area contributed by atoms with Gasteiger partial charge in [-0.05, 0) is 18.1 Å². The van der Waals surface area contributed by atoms with Gasteiger partial charge in [0.25, 0.3) is 5.91 Å². The third-order valence-corrected chi connectivity index (χ3v) is 2.88. The molecular weight excluding hydrogens is 258 g/mol. The highest BCUT2D eigenvalue weighted by Crippen LogP contribution is 2.26. The van der Waals surface area contributed by atoms with Gasteiger partial charge in [-0.25, -0.2) is 0 Å². The molecule has 5 N–H and O–H groups in total. The second kappa shape index (κ2) is 6.03. The van der Waals surface area contributed by atoms with Gasteiger partial charge in [0.15, 0.2) is 0 Å². The number of anilines is 1. The third-order valence-electron chi connectivity index (χ3n) is 2.88. The van der Waals surface area contributed by atoms with E-state index in [0.29, 0.717) is 29.6 Å². The highest BCUT2D eigenvalue weighted by atomic mass is 16.2. The Kier molecular flexibility index (Phi) is 4.17. The minimum Gasteiger partial charge on any atom is -0.396 e. The van der Waals surface area contributed by atoms with Gasteiger partial charge in [0.05, 0.1) is 5.56 Å². The lowest BCUT2D eigenvalue weighted by Gasteiger charge is -1.98. The number of hydrogen-bond donors (Lipinski definition) is 4. The maximum atomic E-state index is 11.5. The Labute approximate surface area is 115 Å². The van der Waals surface area contributed by atoms with Crippen molar-refractivity contribution in [2.45, 2.75) is 6.42 Å². The molecule has 0 unspecified atom stereocenters. The second-order valence-electron chi connectivity index (χ2n) is 4.22. The fourth-order valence-corrected chi connectivity index (χ4v) is 2.04. The van der Waals surface area contributed by atoms with E-state index < -0.39 is 5.91 Å². The Morgan fingerprint density at radius 3 is 2.90 bits per heavy atom. The molecule has 1 heterocycles. The van der Waals surface area contributed by atoms with E-state index >= 15 is 0 Å². The summed E-state index contributed by atoms with van der Waals surface area (Å²) in [4.78, 5) is 25.0. The Morgan fingerprint density at radius 1 is 1.45 bits per heavy atom. The molecule has 20 heavy (non-hydrogen) atoms. The average Bonchev–Trinajstić information content (AvgIpc) is 2.76. The van der Waals surface area contributed by atoms with Gasteiger partial charge in [-0.15, -0.1) is 0 Å². The lowest BCUT2D eigenvalue weighted by molar-refractivity contribution is -0.105. The first-order chi connectivity index (χ1) is 9.67. The van der Waals surface area contributed by atoms with Gasteiger partial charge in [-0.3, -0.25) is 9.59 Å². The zero-order valence-electron chi connectivity index (χ0n) is 10.7. The van der Waals surface area contributed by atoms with Crippen LogP contribution in [-0.2, 0) is 4.79 Å². The number of aliphatic hydroxyl groups excluding tert-OH is 1. The molecule has 0 saturated heterocycles. The number of aromatic amines is 1. The normalized spacial score (nSPS) is 11.1. The van der Waals surface area contributed by atoms with Crippen LogP contribution in [0, 0.1) is 0 Å². The van der Waals surface area contributed by atoms with Crippen molar-refractivity contribution in [3.8, 4) is 0 Å². The van der Waals surface area contributed by atoms with E-state index in [0.717, 1.165) is 5.56 Å². The second-order valence-corrected chi connectivity index (χ2v) is 4.22. The van der Waals surface area contributed by atoms with Gasteiger partial charge in [0, 0.05) is 17.5 Å². The first kappa shape index (κ1) is 13.8. The first-order valence-corrected chi connectivity index (χ1v) is 6.10. The number of H-pyrrole nitrogens is 1. The minimum absolute atomic E-state index is 0.0977. The van der Waals surface area contributed by atoms with Crippen LogP contribution in [0.5, 0.6) is 0 Å². The predicted octanol–water partition coefficient (Wildman–Crippen LogP) is 1.23. The van der Waals surface area contributed by atoms with Crippen molar-refractivity contribution in [2.75, 3.05) is 11.9 Å². The molecule has 0 spiro atoms. The maximum Gasteiger partial charge on any atom is 0.253 e. The number of aromatic nitrogens is 1. The number of hydrogen-bond acceptors (Lipinski definition) is 3. The molecular formula is C14H15N3O3. The molecule has 0 fully saturated rings. The molecule has 1 aromatic carbocycles. The zero-order valence-corrected chi connectivity index (χ0v) is 10.7. The van der Waals surface area contributed by atoms with Crippen molar-refractivity contribution in [1.82, 2.24) is 4.98 Å². The molecule has 2 rings (SSSR count). The van der Waals surface area contributed by atoms with Gasteiger partial charge in [0.2, 0.25) is 6.41 Å². The van der Waals surface area contributed by atoms with Crippen LogP contribution in [0.15, 0.2) is 24.3 Å². The molecule has 1 aromatic heterocycles. The number of carbonyl (C=O) groups is 2. The summed E-state index contributed by atoms with van der Waals surface area (Å²) in [5.74, 6) is -0.317. The number of nitrogens with one attached hydrogen (secondary N) is 2. The van der Waals surface area contributed by atoms with Crippen molar-refractivity contribution < 1.29 is 14.7 Å². The summed E-state index contributed by atoms with van der Waals surface area (Å²) in [5, 5.41) is 11.8. The SMILES string of the molecule is NC(=O)c1c(NC=O)[nH]c2cc(/C=C/CCO)ccc12.